The minimum atomic E-state index is -1.03. The SMILES string of the molecule is Cn1cc2c(/C(N)=C/C=C(\N)CN3Cc4ncccc4C3=O)ccc(C(C)(C)O)c2n1. The quantitative estimate of drug-likeness (QED) is 0.545. The van der Waals surface area contributed by atoms with Gasteiger partial charge in [0.15, 0.2) is 0 Å². The number of nitrogens with zero attached hydrogens (tertiary/aromatic N) is 4. The van der Waals surface area contributed by atoms with Crippen molar-refractivity contribution in [1.82, 2.24) is 19.7 Å². The van der Waals surface area contributed by atoms with E-state index in [4.69, 9.17) is 11.5 Å². The number of pyridine rings is 1. The van der Waals surface area contributed by atoms with Crippen LogP contribution >= 0.6 is 0 Å². The van der Waals surface area contributed by atoms with Crippen LogP contribution in [0.3, 0.4) is 0 Å². The predicted molar refractivity (Wildman–Crippen MR) is 119 cm³/mol. The maximum absolute atomic E-state index is 12.5. The number of aromatic nitrogens is 3. The highest BCUT2D eigenvalue weighted by Crippen LogP contribution is 2.31. The highest BCUT2D eigenvalue weighted by Gasteiger charge is 2.28. The van der Waals surface area contributed by atoms with Crippen molar-refractivity contribution in [3.05, 3.63) is 76.9 Å². The van der Waals surface area contributed by atoms with E-state index in [1.807, 2.05) is 25.4 Å². The van der Waals surface area contributed by atoms with Gasteiger partial charge in [-0.25, -0.2) is 0 Å². The first-order valence-electron chi connectivity index (χ1n) is 9.99. The Labute approximate surface area is 180 Å². The van der Waals surface area contributed by atoms with Gasteiger partial charge in [0.1, 0.15) is 0 Å². The van der Waals surface area contributed by atoms with Crippen molar-refractivity contribution in [1.29, 1.82) is 0 Å². The van der Waals surface area contributed by atoms with Gasteiger partial charge in [-0.05, 0) is 38.1 Å². The summed E-state index contributed by atoms with van der Waals surface area (Å²) in [5, 5.41) is 15.8. The summed E-state index contributed by atoms with van der Waals surface area (Å²) in [7, 11) is 1.83. The fraction of sp³-hybridized carbons (Fsp3) is 0.261. The number of benzene rings is 1. The zero-order valence-corrected chi connectivity index (χ0v) is 17.8. The highest BCUT2D eigenvalue weighted by molar-refractivity contribution is 5.98. The Morgan fingerprint density at radius 2 is 2.03 bits per heavy atom. The van der Waals surface area contributed by atoms with Crippen LogP contribution in [0.15, 0.2) is 54.5 Å². The molecule has 5 N–H and O–H groups in total. The Hall–Kier alpha value is -3.65. The fourth-order valence-electron chi connectivity index (χ4n) is 3.83. The van der Waals surface area contributed by atoms with Crippen molar-refractivity contribution in [3.8, 4) is 0 Å². The fourth-order valence-corrected chi connectivity index (χ4v) is 3.83. The molecule has 1 amide bonds. The molecule has 31 heavy (non-hydrogen) atoms. The Balaban J connectivity index is 1.58. The number of aryl methyl sites for hydroxylation is 1. The van der Waals surface area contributed by atoms with Gasteiger partial charge in [0.25, 0.3) is 5.91 Å². The Kier molecular flexibility index (Phi) is 5.02. The minimum absolute atomic E-state index is 0.0734. The zero-order chi connectivity index (χ0) is 22.3. The largest absolute Gasteiger partial charge is 0.401 e. The number of allylic oxidation sites excluding steroid dienone is 2. The second-order valence-corrected chi connectivity index (χ2v) is 8.31. The standard InChI is InChI=1S/C23H26N6O2/c1-23(2,31)18-8-7-15(17-12-28(3)27-21(17)18)19(25)9-6-14(24)11-29-13-20-16(22(29)30)5-4-10-26-20/h4-10,12,31H,11,13,24-25H2,1-3H3/b14-6-,19-9-. The van der Waals surface area contributed by atoms with Gasteiger partial charge in [-0.3, -0.25) is 14.5 Å². The van der Waals surface area contributed by atoms with E-state index in [0.717, 1.165) is 22.2 Å². The lowest BCUT2D eigenvalue weighted by atomic mass is 9.93. The van der Waals surface area contributed by atoms with Gasteiger partial charge in [-0.2, -0.15) is 5.10 Å². The van der Waals surface area contributed by atoms with Crippen LogP contribution in [0.4, 0.5) is 0 Å². The monoisotopic (exact) mass is 418 g/mol. The van der Waals surface area contributed by atoms with Gasteiger partial charge < -0.3 is 21.5 Å². The first kappa shape index (κ1) is 20.6. The molecule has 4 rings (SSSR count). The first-order valence-corrected chi connectivity index (χ1v) is 9.99. The molecular formula is C23H26N6O2. The van der Waals surface area contributed by atoms with E-state index >= 15 is 0 Å². The molecule has 0 saturated heterocycles. The van der Waals surface area contributed by atoms with Crippen molar-refractivity contribution in [2.45, 2.75) is 26.0 Å². The van der Waals surface area contributed by atoms with Crippen LogP contribution in [0.2, 0.25) is 0 Å². The summed E-state index contributed by atoms with van der Waals surface area (Å²) in [5.74, 6) is -0.0734. The summed E-state index contributed by atoms with van der Waals surface area (Å²) in [5.41, 5.74) is 16.1. The van der Waals surface area contributed by atoms with Crippen LogP contribution in [-0.4, -0.2) is 37.2 Å². The third-order valence-electron chi connectivity index (χ3n) is 5.36. The lowest BCUT2D eigenvalue weighted by Crippen LogP contribution is -2.28. The van der Waals surface area contributed by atoms with Crippen molar-refractivity contribution < 1.29 is 9.90 Å². The molecular weight excluding hydrogens is 392 g/mol. The number of hydrogen-bond donors (Lipinski definition) is 3. The van der Waals surface area contributed by atoms with Crippen molar-refractivity contribution in [3.63, 3.8) is 0 Å². The van der Waals surface area contributed by atoms with Crippen LogP contribution in [0.1, 0.15) is 41.0 Å². The van der Waals surface area contributed by atoms with Gasteiger partial charge in [0.2, 0.25) is 0 Å². The van der Waals surface area contributed by atoms with Crippen LogP contribution in [0, 0.1) is 0 Å². The Morgan fingerprint density at radius 3 is 2.74 bits per heavy atom. The van der Waals surface area contributed by atoms with Crippen LogP contribution < -0.4 is 11.5 Å². The Bertz CT molecular complexity index is 1230. The molecule has 0 unspecified atom stereocenters. The normalized spacial score (nSPS) is 15.1. The molecule has 0 aliphatic carbocycles. The van der Waals surface area contributed by atoms with Crippen LogP contribution in [0.5, 0.6) is 0 Å². The lowest BCUT2D eigenvalue weighted by Gasteiger charge is -2.19. The molecule has 0 radical (unpaired) electrons. The number of carbonyl (C=O) groups is 1. The van der Waals surface area contributed by atoms with E-state index in [1.54, 1.807) is 53.9 Å². The van der Waals surface area contributed by atoms with E-state index in [1.165, 1.54) is 0 Å². The third-order valence-corrected chi connectivity index (χ3v) is 5.36. The van der Waals surface area contributed by atoms with Gasteiger partial charge in [0, 0.05) is 47.3 Å². The molecule has 8 heteroatoms. The van der Waals surface area contributed by atoms with Gasteiger partial charge in [-0.1, -0.05) is 12.1 Å². The molecule has 8 nitrogen and oxygen atoms in total. The molecule has 0 saturated carbocycles. The van der Waals surface area contributed by atoms with Crippen molar-refractivity contribution in [2.24, 2.45) is 18.5 Å². The average molecular weight is 419 g/mol. The van der Waals surface area contributed by atoms with E-state index in [-0.39, 0.29) is 5.91 Å². The maximum atomic E-state index is 12.5. The van der Waals surface area contributed by atoms with E-state index in [2.05, 4.69) is 10.1 Å². The van der Waals surface area contributed by atoms with E-state index in [0.29, 0.717) is 35.6 Å². The lowest BCUT2D eigenvalue weighted by molar-refractivity contribution is 0.0788. The zero-order valence-electron chi connectivity index (χ0n) is 17.8. The van der Waals surface area contributed by atoms with Crippen molar-refractivity contribution >= 4 is 22.5 Å². The summed E-state index contributed by atoms with van der Waals surface area (Å²) in [6.45, 7) is 4.19. The number of carbonyl (C=O) groups excluding carboxylic acids is 1. The van der Waals surface area contributed by atoms with Crippen molar-refractivity contribution in [2.75, 3.05) is 6.54 Å². The molecule has 1 aromatic carbocycles. The number of amides is 1. The second-order valence-electron chi connectivity index (χ2n) is 8.31. The average Bonchev–Trinajstić information content (AvgIpc) is 3.24. The number of aliphatic hydroxyl groups is 1. The summed E-state index contributed by atoms with van der Waals surface area (Å²) < 4.78 is 1.70. The summed E-state index contributed by atoms with van der Waals surface area (Å²) >= 11 is 0. The molecule has 1 aliphatic heterocycles. The molecule has 0 fully saturated rings. The predicted octanol–water partition coefficient (Wildman–Crippen LogP) is 1.99. The van der Waals surface area contributed by atoms with Gasteiger partial charge >= 0.3 is 0 Å². The molecule has 1 aliphatic rings. The smallest absolute Gasteiger partial charge is 0.256 e. The van der Waals surface area contributed by atoms with Crippen LogP contribution in [0.25, 0.3) is 16.6 Å². The molecule has 3 aromatic rings. The first-order chi connectivity index (χ1) is 14.6. The number of nitrogens with two attached hydrogens (primary N) is 2. The van der Waals surface area contributed by atoms with Gasteiger partial charge in [-0.15, -0.1) is 0 Å². The second kappa shape index (κ2) is 7.55. The molecule has 0 spiro atoms. The minimum Gasteiger partial charge on any atom is -0.401 e. The van der Waals surface area contributed by atoms with E-state index < -0.39 is 5.60 Å². The summed E-state index contributed by atoms with van der Waals surface area (Å²) in [6, 6.07) is 7.25. The number of rotatable bonds is 5. The van der Waals surface area contributed by atoms with E-state index in [9.17, 15) is 9.90 Å². The van der Waals surface area contributed by atoms with Gasteiger partial charge in [0.05, 0.1) is 35.5 Å². The highest BCUT2D eigenvalue weighted by atomic mass is 16.3. The maximum Gasteiger partial charge on any atom is 0.256 e. The van der Waals surface area contributed by atoms with Crippen LogP contribution in [-0.2, 0) is 19.2 Å². The molecule has 160 valence electrons. The molecule has 0 atom stereocenters. The molecule has 3 heterocycles. The summed E-state index contributed by atoms with van der Waals surface area (Å²) in [6.07, 6.45) is 7.00. The topological polar surface area (TPSA) is 123 Å². The Morgan fingerprint density at radius 1 is 1.26 bits per heavy atom. The number of fused-ring (bicyclic) bond motifs is 2. The molecule has 2 aromatic heterocycles. The number of hydrogen-bond acceptors (Lipinski definition) is 6. The third kappa shape index (κ3) is 3.89. The molecule has 0 bridgehead atoms. The summed E-state index contributed by atoms with van der Waals surface area (Å²) in [4.78, 5) is 18.4.